The summed E-state index contributed by atoms with van der Waals surface area (Å²) < 4.78 is 10.2. The summed E-state index contributed by atoms with van der Waals surface area (Å²) >= 11 is 0. The first-order chi connectivity index (χ1) is 6.75. The van der Waals surface area contributed by atoms with Crippen LogP contribution in [0, 0.1) is 0 Å². The van der Waals surface area contributed by atoms with Crippen molar-refractivity contribution < 1.29 is 19.4 Å². The molecular formula is C8H8N2O4. The van der Waals surface area contributed by atoms with Crippen molar-refractivity contribution in [2.45, 2.75) is 6.10 Å². The van der Waals surface area contributed by atoms with Crippen LogP contribution in [0.3, 0.4) is 0 Å². The molecule has 2 rings (SSSR count). The van der Waals surface area contributed by atoms with E-state index in [1.54, 1.807) is 0 Å². The first-order valence-electron chi connectivity index (χ1n) is 4.05. The predicted octanol–water partition coefficient (Wildman–Crippen LogP) is -0.0476. The highest BCUT2D eigenvalue weighted by Crippen LogP contribution is 2.12. The summed E-state index contributed by atoms with van der Waals surface area (Å²) in [5.41, 5.74) is -0.122. The van der Waals surface area contributed by atoms with E-state index in [4.69, 9.17) is 14.6 Å². The molecule has 1 N–H and O–H groups in total. The minimum Gasteiger partial charge on any atom is -0.476 e. The smallest absolute Gasteiger partial charge is 0.356 e. The average Bonchev–Trinajstić information content (AvgIpc) is 2.12. The van der Waals surface area contributed by atoms with E-state index in [1.165, 1.54) is 12.4 Å². The van der Waals surface area contributed by atoms with Crippen molar-refractivity contribution in [2.24, 2.45) is 0 Å². The quantitative estimate of drug-likeness (QED) is 0.730. The number of aromatic nitrogens is 2. The number of nitrogens with zero attached hydrogens (tertiary/aromatic N) is 2. The predicted molar refractivity (Wildman–Crippen MR) is 44.2 cm³/mol. The third-order valence-electron chi connectivity index (χ3n) is 1.73. The van der Waals surface area contributed by atoms with Crippen molar-refractivity contribution in [3.8, 4) is 5.88 Å². The van der Waals surface area contributed by atoms with Gasteiger partial charge in [-0.3, -0.25) is 4.98 Å². The van der Waals surface area contributed by atoms with Crippen molar-refractivity contribution in [2.75, 3.05) is 13.2 Å². The van der Waals surface area contributed by atoms with Crippen LogP contribution in [0.2, 0.25) is 0 Å². The number of hydrogen-bond acceptors (Lipinski definition) is 5. The standard InChI is InChI=1S/C8H8N2O4/c11-8(12)6-1-9-2-7(10-6)14-5-3-13-4-5/h1-2,5H,3-4H2,(H,11,12). The zero-order valence-electron chi connectivity index (χ0n) is 7.21. The Morgan fingerprint density at radius 2 is 2.36 bits per heavy atom. The summed E-state index contributed by atoms with van der Waals surface area (Å²) in [5, 5.41) is 8.63. The molecule has 0 bridgehead atoms. The minimum absolute atomic E-state index is 0.0339. The molecule has 1 saturated heterocycles. The maximum Gasteiger partial charge on any atom is 0.356 e. The third-order valence-corrected chi connectivity index (χ3v) is 1.73. The molecule has 1 aromatic rings. The summed E-state index contributed by atoms with van der Waals surface area (Å²) in [6, 6.07) is 0. The third kappa shape index (κ3) is 1.80. The highest BCUT2D eigenvalue weighted by molar-refractivity contribution is 5.84. The first-order valence-corrected chi connectivity index (χ1v) is 4.05. The zero-order valence-corrected chi connectivity index (χ0v) is 7.21. The normalized spacial score (nSPS) is 16.0. The van der Waals surface area contributed by atoms with Gasteiger partial charge in [0.05, 0.1) is 25.6 Å². The minimum atomic E-state index is -1.12. The molecule has 1 aliphatic heterocycles. The molecular weight excluding hydrogens is 188 g/mol. The Balaban J connectivity index is 2.09. The number of carbonyl (C=O) groups is 1. The fourth-order valence-electron chi connectivity index (χ4n) is 0.961. The Labute approximate surface area is 79.5 Å². The Morgan fingerprint density at radius 1 is 1.57 bits per heavy atom. The van der Waals surface area contributed by atoms with Crippen molar-refractivity contribution in [1.29, 1.82) is 0 Å². The van der Waals surface area contributed by atoms with Crippen molar-refractivity contribution in [3.63, 3.8) is 0 Å². The van der Waals surface area contributed by atoms with Crippen LogP contribution in [0.15, 0.2) is 12.4 Å². The lowest BCUT2D eigenvalue weighted by molar-refractivity contribution is -0.0815. The van der Waals surface area contributed by atoms with Crippen LogP contribution in [0.5, 0.6) is 5.88 Å². The van der Waals surface area contributed by atoms with Crippen LogP contribution >= 0.6 is 0 Å². The number of hydrogen-bond donors (Lipinski definition) is 1. The highest BCUT2D eigenvalue weighted by atomic mass is 16.6. The lowest BCUT2D eigenvalue weighted by Gasteiger charge is -2.25. The van der Waals surface area contributed by atoms with E-state index in [-0.39, 0.29) is 17.7 Å². The van der Waals surface area contributed by atoms with E-state index in [0.29, 0.717) is 13.2 Å². The fraction of sp³-hybridized carbons (Fsp3) is 0.375. The Hall–Kier alpha value is -1.69. The molecule has 0 unspecified atom stereocenters. The van der Waals surface area contributed by atoms with Crippen LogP contribution in [0.25, 0.3) is 0 Å². The molecule has 6 nitrogen and oxygen atoms in total. The maximum absolute atomic E-state index is 10.5. The number of carboxylic acid groups (broad SMARTS) is 1. The molecule has 6 heteroatoms. The Bertz CT molecular complexity index is 351. The zero-order chi connectivity index (χ0) is 9.97. The molecule has 0 spiro atoms. The summed E-state index contributed by atoms with van der Waals surface area (Å²) in [7, 11) is 0. The number of ether oxygens (including phenoxy) is 2. The number of aromatic carboxylic acids is 1. The molecule has 1 aliphatic rings. The SMILES string of the molecule is O=C(O)c1cncc(OC2COC2)n1. The van der Waals surface area contributed by atoms with Crippen molar-refractivity contribution >= 4 is 5.97 Å². The number of rotatable bonds is 3. The second kappa shape index (κ2) is 3.59. The Morgan fingerprint density at radius 3 is 2.93 bits per heavy atom. The molecule has 1 aromatic heterocycles. The van der Waals surface area contributed by atoms with Gasteiger partial charge in [0, 0.05) is 0 Å². The highest BCUT2D eigenvalue weighted by Gasteiger charge is 2.21. The molecule has 0 aromatic carbocycles. The second-order valence-electron chi connectivity index (χ2n) is 2.83. The lowest BCUT2D eigenvalue weighted by atomic mass is 10.3. The van der Waals surface area contributed by atoms with Gasteiger partial charge in [0.1, 0.15) is 6.10 Å². The van der Waals surface area contributed by atoms with Gasteiger partial charge in [-0.25, -0.2) is 9.78 Å². The van der Waals surface area contributed by atoms with Crippen molar-refractivity contribution in [1.82, 2.24) is 9.97 Å². The molecule has 0 atom stereocenters. The van der Waals surface area contributed by atoms with E-state index < -0.39 is 5.97 Å². The van der Waals surface area contributed by atoms with Gasteiger partial charge < -0.3 is 14.6 Å². The van der Waals surface area contributed by atoms with E-state index in [1.807, 2.05) is 0 Å². The molecule has 0 aliphatic carbocycles. The second-order valence-corrected chi connectivity index (χ2v) is 2.83. The maximum atomic E-state index is 10.5. The van der Waals surface area contributed by atoms with E-state index in [9.17, 15) is 4.79 Å². The largest absolute Gasteiger partial charge is 0.476 e. The van der Waals surface area contributed by atoms with Gasteiger partial charge in [-0.1, -0.05) is 0 Å². The van der Waals surface area contributed by atoms with Gasteiger partial charge >= 0.3 is 5.97 Å². The first kappa shape index (κ1) is 8.89. The monoisotopic (exact) mass is 196 g/mol. The lowest BCUT2D eigenvalue weighted by Crippen LogP contribution is -2.38. The fourth-order valence-corrected chi connectivity index (χ4v) is 0.961. The molecule has 1 fully saturated rings. The van der Waals surface area contributed by atoms with Gasteiger partial charge in [-0.2, -0.15) is 0 Å². The van der Waals surface area contributed by atoms with E-state index in [0.717, 1.165) is 0 Å². The van der Waals surface area contributed by atoms with Crippen LogP contribution in [0.4, 0.5) is 0 Å². The molecule has 14 heavy (non-hydrogen) atoms. The van der Waals surface area contributed by atoms with Crippen molar-refractivity contribution in [3.05, 3.63) is 18.1 Å². The average molecular weight is 196 g/mol. The van der Waals surface area contributed by atoms with Gasteiger partial charge in [0.15, 0.2) is 5.69 Å². The van der Waals surface area contributed by atoms with Gasteiger partial charge in [-0.05, 0) is 0 Å². The molecule has 2 heterocycles. The molecule has 0 radical (unpaired) electrons. The van der Waals surface area contributed by atoms with Crippen LogP contribution in [0.1, 0.15) is 10.5 Å². The van der Waals surface area contributed by atoms with Gasteiger partial charge in [0.2, 0.25) is 5.88 Å². The van der Waals surface area contributed by atoms with Crippen LogP contribution in [-0.4, -0.2) is 40.4 Å². The van der Waals surface area contributed by atoms with E-state index >= 15 is 0 Å². The van der Waals surface area contributed by atoms with Crippen LogP contribution < -0.4 is 4.74 Å². The summed E-state index contributed by atoms with van der Waals surface area (Å²) in [6.07, 6.45) is 2.52. The van der Waals surface area contributed by atoms with Gasteiger partial charge in [-0.15, -0.1) is 0 Å². The van der Waals surface area contributed by atoms with E-state index in [2.05, 4.69) is 9.97 Å². The number of carboxylic acids is 1. The van der Waals surface area contributed by atoms with Gasteiger partial charge in [0.25, 0.3) is 0 Å². The summed E-state index contributed by atoms with van der Waals surface area (Å²) in [6.45, 7) is 1.03. The summed E-state index contributed by atoms with van der Waals surface area (Å²) in [5.74, 6) is -0.897. The molecule has 0 amide bonds. The summed E-state index contributed by atoms with van der Waals surface area (Å²) in [4.78, 5) is 18.0. The molecule has 74 valence electrons. The molecule has 0 saturated carbocycles. The topological polar surface area (TPSA) is 81.5 Å². The Kier molecular flexibility index (Phi) is 2.28. The van der Waals surface area contributed by atoms with Crippen LogP contribution in [-0.2, 0) is 4.74 Å².